The highest BCUT2D eigenvalue weighted by molar-refractivity contribution is 6.06. The number of hydrogen-bond acceptors (Lipinski definition) is 4. The number of anilines is 6. The van der Waals surface area contributed by atoms with Crippen LogP contribution in [0.3, 0.4) is 0 Å². The summed E-state index contributed by atoms with van der Waals surface area (Å²) in [6.07, 6.45) is 0. The molecule has 4 nitrogen and oxygen atoms in total. The van der Waals surface area contributed by atoms with Crippen LogP contribution in [0.25, 0.3) is 43.8 Å². The Balaban J connectivity index is 1.11. The van der Waals surface area contributed by atoms with Gasteiger partial charge in [-0.1, -0.05) is 103 Å². The van der Waals surface area contributed by atoms with Gasteiger partial charge in [0.2, 0.25) is 0 Å². The zero-order chi connectivity index (χ0) is 33.0. The topological polar surface area (TPSA) is 28.9 Å². The molecule has 2 heterocycles. The number of para-hydroxylation sites is 4. The van der Waals surface area contributed by atoms with Crippen molar-refractivity contribution in [3.05, 3.63) is 182 Å². The molecule has 0 spiro atoms. The lowest BCUT2D eigenvalue weighted by molar-refractivity contribution is 0.477. The van der Waals surface area contributed by atoms with Gasteiger partial charge in [-0.15, -0.1) is 0 Å². The summed E-state index contributed by atoms with van der Waals surface area (Å²) in [6.45, 7) is 0. The summed E-state index contributed by atoms with van der Waals surface area (Å²) in [5.74, 6) is 1.62. The Hall–Kier alpha value is -6.78. The molecule has 236 valence electrons. The Morgan fingerprint density at radius 2 is 1.10 bits per heavy atom. The standard InChI is InChI=1S/C46H30N2O2/c1-2-13-34(14-3-1)48-41-17-7-9-20-45(41)50-46-30-36(26-27-42(46)48)47(40-18-10-12-32-11-4-5-15-37(32)40)35-24-21-31(22-25-35)33-23-28-44-39(29-33)38-16-6-8-19-43(38)49-44/h1-30H. The van der Waals surface area contributed by atoms with E-state index in [1.807, 2.05) is 30.3 Å². The van der Waals surface area contributed by atoms with Gasteiger partial charge in [0.25, 0.3) is 0 Å². The molecule has 0 N–H and O–H groups in total. The summed E-state index contributed by atoms with van der Waals surface area (Å²) in [5.41, 5.74) is 10.3. The highest BCUT2D eigenvalue weighted by atomic mass is 16.5. The minimum Gasteiger partial charge on any atom is -0.456 e. The van der Waals surface area contributed by atoms with Gasteiger partial charge in [0.15, 0.2) is 11.5 Å². The third-order valence-electron chi connectivity index (χ3n) is 9.63. The van der Waals surface area contributed by atoms with Crippen molar-refractivity contribution in [2.45, 2.75) is 0 Å². The van der Waals surface area contributed by atoms with Crippen molar-refractivity contribution in [1.82, 2.24) is 0 Å². The van der Waals surface area contributed by atoms with Crippen molar-refractivity contribution in [3.8, 4) is 22.6 Å². The maximum atomic E-state index is 6.64. The van der Waals surface area contributed by atoms with Gasteiger partial charge in [-0.2, -0.15) is 0 Å². The van der Waals surface area contributed by atoms with Crippen LogP contribution in [0.2, 0.25) is 0 Å². The summed E-state index contributed by atoms with van der Waals surface area (Å²) in [7, 11) is 0. The van der Waals surface area contributed by atoms with Gasteiger partial charge >= 0.3 is 0 Å². The summed E-state index contributed by atoms with van der Waals surface area (Å²) in [6, 6.07) is 63.7. The molecular formula is C46H30N2O2. The summed E-state index contributed by atoms with van der Waals surface area (Å²) in [5, 5.41) is 4.61. The van der Waals surface area contributed by atoms with Crippen LogP contribution in [-0.4, -0.2) is 0 Å². The highest BCUT2D eigenvalue weighted by Crippen LogP contribution is 2.52. The van der Waals surface area contributed by atoms with Crippen LogP contribution in [0.5, 0.6) is 11.5 Å². The molecule has 8 aromatic carbocycles. The molecule has 0 saturated heterocycles. The second kappa shape index (κ2) is 11.4. The summed E-state index contributed by atoms with van der Waals surface area (Å²) >= 11 is 0. The van der Waals surface area contributed by atoms with E-state index in [1.54, 1.807) is 0 Å². The third kappa shape index (κ3) is 4.61. The van der Waals surface area contributed by atoms with Crippen molar-refractivity contribution < 1.29 is 9.15 Å². The molecule has 0 bridgehead atoms. The molecule has 0 aliphatic carbocycles. The molecule has 0 saturated carbocycles. The Bertz CT molecular complexity index is 2690. The largest absolute Gasteiger partial charge is 0.456 e. The first-order valence-electron chi connectivity index (χ1n) is 16.8. The van der Waals surface area contributed by atoms with Crippen molar-refractivity contribution in [2.24, 2.45) is 0 Å². The first-order valence-corrected chi connectivity index (χ1v) is 16.8. The maximum Gasteiger partial charge on any atom is 0.153 e. The molecule has 9 aromatic rings. The molecule has 0 fully saturated rings. The van der Waals surface area contributed by atoms with Crippen LogP contribution in [0.4, 0.5) is 34.1 Å². The number of benzene rings is 8. The number of fused-ring (bicyclic) bond motifs is 6. The van der Waals surface area contributed by atoms with Crippen molar-refractivity contribution in [1.29, 1.82) is 0 Å². The number of nitrogens with zero attached hydrogens (tertiary/aromatic N) is 2. The Kier molecular flexibility index (Phi) is 6.46. The van der Waals surface area contributed by atoms with Crippen LogP contribution in [0, 0.1) is 0 Å². The van der Waals surface area contributed by atoms with Crippen molar-refractivity contribution in [3.63, 3.8) is 0 Å². The molecule has 0 unspecified atom stereocenters. The number of hydrogen-bond donors (Lipinski definition) is 0. The quantitative estimate of drug-likeness (QED) is 0.187. The van der Waals surface area contributed by atoms with Crippen molar-refractivity contribution >= 4 is 66.8 Å². The van der Waals surface area contributed by atoms with Gasteiger partial charge in [-0.3, -0.25) is 0 Å². The zero-order valence-electron chi connectivity index (χ0n) is 27.0. The Morgan fingerprint density at radius 3 is 2.00 bits per heavy atom. The SMILES string of the molecule is c1ccc(N2c3ccccc3Oc3cc(N(c4ccc(-c5ccc6oc7ccccc7c6c5)cc4)c4cccc5ccccc45)ccc32)cc1. The Labute approximate surface area is 289 Å². The molecule has 1 aliphatic rings. The van der Waals surface area contributed by atoms with Crippen LogP contribution < -0.4 is 14.5 Å². The smallest absolute Gasteiger partial charge is 0.153 e. The van der Waals surface area contributed by atoms with Gasteiger partial charge in [0.1, 0.15) is 11.2 Å². The predicted molar refractivity (Wildman–Crippen MR) is 206 cm³/mol. The van der Waals surface area contributed by atoms with Gasteiger partial charge in [0.05, 0.1) is 22.7 Å². The van der Waals surface area contributed by atoms with E-state index >= 15 is 0 Å². The lowest BCUT2D eigenvalue weighted by atomic mass is 10.0. The molecule has 0 radical (unpaired) electrons. The van der Waals surface area contributed by atoms with E-state index in [0.29, 0.717) is 0 Å². The molecule has 0 amide bonds. The number of ether oxygens (including phenoxy) is 1. The van der Waals surface area contributed by atoms with Gasteiger partial charge in [-0.25, -0.2) is 0 Å². The lowest BCUT2D eigenvalue weighted by Crippen LogP contribution is -2.17. The van der Waals surface area contributed by atoms with Gasteiger partial charge in [0, 0.05) is 33.6 Å². The van der Waals surface area contributed by atoms with Gasteiger partial charge in [-0.05, 0) is 89.3 Å². The lowest BCUT2D eigenvalue weighted by Gasteiger charge is -2.34. The second-order valence-electron chi connectivity index (χ2n) is 12.6. The monoisotopic (exact) mass is 642 g/mol. The van der Waals surface area contributed by atoms with E-state index in [4.69, 9.17) is 9.15 Å². The molecule has 50 heavy (non-hydrogen) atoms. The molecular weight excluding hydrogens is 613 g/mol. The van der Waals surface area contributed by atoms with Crippen LogP contribution in [0.1, 0.15) is 0 Å². The van der Waals surface area contributed by atoms with Crippen molar-refractivity contribution in [2.75, 3.05) is 9.80 Å². The predicted octanol–water partition coefficient (Wildman–Crippen LogP) is 13.5. The van der Waals surface area contributed by atoms with E-state index in [0.717, 1.165) is 78.7 Å². The molecule has 10 rings (SSSR count). The average Bonchev–Trinajstić information content (AvgIpc) is 3.56. The first kappa shape index (κ1) is 28.3. The number of furan rings is 1. The van der Waals surface area contributed by atoms with Crippen LogP contribution in [-0.2, 0) is 0 Å². The fraction of sp³-hybridized carbons (Fsp3) is 0. The van der Waals surface area contributed by atoms with E-state index in [1.165, 1.54) is 10.8 Å². The minimum atomic E-state index is 0.799. The third-order valence-corrected chi connectivity index (χ3v) is 9.63. The maximum absolute atomic E-state index is 6.64. The van der Waals surface area contributed by atoms with E-state index in [2.05, 4.69) is 161 Å². The molecule has 0 atom stereocenters. The summed E-state index contributed by atoms with van der Waals surface area (Å²) in [4.78, 5) is 4.60. The second-order valence-corrected chi connectivity index (χ2v) is 12.6. The Morgan fingerprint density at radius 1 is 0.420 bits per heavy atom. The fourth-order valence-electron chi connectivity index (χ4n) is 7.28. The van der Waals surface area contributed by atoms with E-state index in [-0.39, 0.29) is 0 Å². The molecule has 4 heteroatoms. The van der Waals surface area contributed by atoms with Gasteiger partial charge < -0.3 is 19.0 Å². The van der Waals surface area contributed by atoms with Crippen LogP contribution >= 0.6 is 0 Å². The zero-order valence-corrected chi connectivity index (χ0v) is 27.0. The fourth-order valence-corrected chi connectivity index (χ4v) is 7.28. The van der Waals surface area contributed by atoms with Crippen LogP contribution in [0.15, 0.2) is 186 Å². The molecule has 1 aromatic heterocycles. The average molecular weight is 643 g/mol. The van der Waals surface area contributed by atoms with E-state index in [9.17, 15) is 0 Å². The first-order chi connectivity index (χ1) is 24.8. The normalized spacial score (nSPS) is 12.1. The summed E-state index contributed by atoms with van der Waals surface area (Å²) < 4.78 is 12.7. The highest BCUT2D eigenvalue weighted by Gasteiger charge is 2.27. The minimum absolute atomic E-state index is 0.799. The van der Waals surface area contributed by atoms with E-state index < -0.39 is 0 Å². The molecule has 1 aliphatic heterocycles. The number of rotatable bonds is 5.